The van der Waals surface area contributed by atoms with E-state index in [1.807, 2.05) is 6.92 Å². The van der Waals surface area contributed by atoms with Crippen molar-refractivity contribution in [3.63, 3.8) is 0 Å². The molecule has 3 aromatic rings. The second-order valence-electron chi connectivity index (χ2n) is 6.74. The molecule has 0 aliphatic carbocycles. The molecule has 0 saturated heterocycles. The predicted molar refractivity (Wildman–Crippen MR) is 114 cm³/mol. The first kappa shape index (κ1) is 22.9. The lowest BCUT2D eigenvalue weighted by Gasteiger charge is -2.13. The third kappa shape index (κ3) is 6.58. The highest BCUT2D eigenvalue weighted by Crippen LogP contribution is 2.17. The van der Waals surface area contributed by atoms with E-state index < -0.39 is 22.0 Å². The van der Waals surface area contributed by atoms with E-state index in [1.165, 1.54) is 54.7 Å². The van der Waals surface area contributed by atoms with Crippen LogP contribution in [0.1, 0.15) is 23.2 Å². The Kier molecular flexibility index (Phi) is 7.37. The van der Waals surface area contributed by atoms with Crippen LogP contribution < -0.4 is 9.46 Å². The number of esters is 1. The second kappa shape index (κ2) is 9.99. The molecule has 3 rings (SSSR count). The number of nitrogens with zero attached hydrogens (tertiary/aromatic N) is 1. The number of ether oxygens (including phenoxy) is 2. The van der Waals surface area contributed by atoms with Gasteiger partial charge in [0.05, 0.1) is 10.6 Å². The highest BCUT2D eigenvalue weighted by Gasteiger charge is 2.23. The summed E-state index contributed by atoms with van der Waals surface area (Å²) in [6.45, 7) is 3.36. The zero-order chi connectivity index (χ0) is 22.4. The number of sulfonamides is 1. The van der Waals surface area contributed by atoms with Crippen molar-refractivity contribution in [2.75, 3.05) is 0 Å². The minimum atomic E-state index is -3.84. The SMILES string of the molecule is Cc1ccc(S(=O)(=O)N[C@@H](C)C(=O)OCc2csc(COc3ccc(F)cc3)n2)cc1. The number of carbonyl (C=O) groups is 1. The molecule has 1 heterocycles. The molecule has 0 spiro atoms. The van der Waals surface area contributed by atoms with Gasteiger partial charge in [0.15, 0.2) is 0 Å². The van der Waals surface area contributed by atoms with E-state index in [-0.39, 0.29) is 23.9 Å². The third-order valence-electron chi connectivity index (χ3n) is 4.15. The Balaban J connectivity index is 1.48. The molecule has 7 nitrogen and oxygen atoms in total. The average Bonchev–Trinajstić information content (AvgIpc) is 3.19. The Bertz CT molecular complexity index is 1130. The van der Waals surface area contributed by atoms with Gasteiger partial charge in [0.25, 0.3) is 0 Å². The van der Waals surface area contributed by atoms with Gasteiger partial charge in [0, 0.05) is 5.38 Å². The quantitative estimate of drug-likeness (QED) is 0.487. The maximum atomic E-state index is 12.9. The van der Waals surface area contributed by atoms with Gasteiger partial charge in [0.1, 0.15) is 35.8 Å². The number of aryl methyl sites for hydroxylation is 1. The molecule has 10 heteroatoms. The molecule has 0 saturated carbocycles. The first-order valence-corrected chi connectivity index (χ1v) is 11.7. The Morgan fingerprint density at radius 1 is 1.13 bits per heavy atom. The van der Waals surface area contributed by atoms with Gasteiger partial charge in [-0.2, -0.15) is 4.72 Å². The number of nitrogens with one attached hydrogen (secondary N) is 1. The van der Waals surface area contributed by atoms with Crippen LogP contribution in [0, 0.1) is 12.7 Å². The molecule has 1 N–H and O–H groups in total. The lowest BCUT2D eigenvalue weighted by molar-refractivity contribution is -0.146. The molecule has 0 amide bonds. The van der Waals surface area contributed by atoms with Gasteiger partial charge in [-0.05, 0) is 50.2 Å². The largest absolute Gasteiger partial charge is 0.486 e. The van der Waals surface area contributed by atoms with Gasteiger partial charge >= 0.3 is 5.97 Å². The summed E-state index contributed by atoms with van der Waals surface area (Å²) in [4.78, 5) is 16.6. The molecular weight excluding hydrogens is 443 g/mol. The van der Waals surface area contributed by atoms with Crippen molar-refractivity contribution in [2.24, 2.45) is 0 Å². The normalized spacial score (nSPS) is 12.4. The Hall–Kier alpha value is -2.82. The summed E-state index contributed by atoms with van der Waals surface area (Å²) in [6, 6.07) is 10.9. The van der Waals surface area contributed by atoms with Gasteiger partial charge in [-0.3, -0.25) is 4.79 Å². The molecule has 0 bridgehead atoms. The van der Waals surface area contributed by atoms with E-state index in [1.54, 1.807) is 17.5 Å². The summed E-state index contributed by atoms with van der Waals surface area (Å²) in [5.41, 5.74) is 1.45. The molecular formula is C21H21FN2O5S2. The number of rotatable bonds is 9. The van der Waals surface area contributed by atoms with E-state index in [0.717, 1.165) is 5.56 Å². The number of thiazole rings is 1. The van der Waals surface area contributed by atoms with E-state index in [0.29, 0.717) is 16.5 Å². The third-order valence-corrected chi connectivity index (χ3v) is 6.58. The van der Waals surface area contributed by atoms with Crippen molar-refractivity contribution in [2.45, 2.75) is 38.0 Å². The molecule has 0 unspecified atom stereocenters. The van der Waals surface area contributed by atoms with Crippen LogP contribution in [0.2, 0.25) is 0 Å². The number of hydrogen-bond acceptors (Lipinski definition) is 7. The average molecular weight is 465 g/mol. The topological polar surface area (TPSA) is 94.6 Å². The van der Waals surface area contributed by atoms with Gasteiger partial charge < -0.3 is 9.47 Å². The van der Waals surface area contributed by atoms with E-state index in [2.05, 4.69) is 9.71 Å². The van der Waals surface area contributed by atoms with Gasteiger partial charge in [0.2, 0.25) is 10.0 Å². The lowest BCUT2D eigenvalue weighted by Crippen LogP contribution is -2.39. The van der Waals surface area contributed by atoms with Crippen LogP contribution in [0.3, 0.4) is 0 Å². The fourth-order valence-electron chi connectivity index (χ4n) is 2.49. The van der Waals surface area contributed by atoms with Crippen LogP contribution in [0.25, 0.3) is 0 Å². The molecule has 0 aliphatic heterocycles. The van der Waals surface area contributed by atoms with Crippen molar-refractivity contribution in [1.29, 1.82) is 0 Å². The predicted octanol–water partition coefficient (Wildman–Crippen LogP) is 3.58. The number of aromatic nitrogens is 1. The van der Waals surface area contributed by atoms with Crippen LogP contribution >= 0.6 is 11.3 Å². The van der Waals surface area contributed by atoms with E-state index in [9.17, 15) is 17.6 Å². The zero-order valence-corrected chi connectivity index (χ0v) is 18.5. The Morgan fingerprint density at radius 3 is 2.48 bits per heavy atom. The summed E-state index contributed by atoms with van der Waals surface area (Å²) in [7, 11) is -3.84. The van der Waals surface area contributed by atoms with Crippen LogP contribution in [0.4, 0.5) is 4.39 Å². The van der Waals surface area contributed by atoms with Crippen LogP contribution in [0.15, 0.2) is 58.8 Å². The first-order valence-electron chi connectivity index (χ1n) is 9.30. The maximum absolute atomic E-state index is 12.9. The monoisotopic (exact) mass is 464 g/mol. The number of carbonyl (C=O) groups excluding carboxylic acids is 1. The van der Waals surface area contributed by atoms with Crippen molar-refractivity contribution in [1.82, 2.24) is 9.71 Å². The maximum Gasteiger partial charge on any atom is 0.324 e. The second-order valence-corrected chi connectivity index (χ2v) is 9.40. The van der Waals surface area contributed by atoms with Crippen LogP contribution in [0.5, 0.6) is 5.75 Å². The van der Waals surface area contributed by atoms with Gasteiger partial charge in [-0.15, -0.1) is 11.3 Å². The number of halogens is 1. The molecule has 2 aromatic carbocycles. The zero-order valence-electron chi connectivity index (χ0n) is 16.9. The van der Waals surface area contributed by atoms with Gasteiger partial charge in [-0.1, -0.05) is 17.7 Å². The molecule has 1 aromatic heterocycles. The van der Waals surface area contributed by atoms with Crippen molar-refractivity contribution >= 4 is 27.3 Å². The van der Waals surface area contributed by atoms with E-state index >= 15 is 0 Å². The highest BCUT2D eigenvalue weighted by molar-refractivity contribution is 7.89. The fourth-order valence-corrected chi connectivity index (χ4v) is 4.38. The molecule has 0 radical (unpaired) electrons. The van der Waals surface area contributed by atoms with Crippen molar-refractivity contribution in [3.05, 3.63) is 76.0 Å². The molecule has 164 valence electrons. The Morgan fingerprint density at radius 2 is 1.81 bits per heavy atom. The van der Waals surface area contributed by atoms with Crippen LogP contribution in [-0.2, 0) is 32.8 Å². The first-order chi connectivity index (χ1) is 14.7. The number of hydrogen-bond donors (Lipinski definition) is 1. The molecule has 0 fully saturated rings. The summed E-state index contributed by atoms with van der Waals surface area (Å²) in [6.07, 6.45) is 0. The molecule has 0 aliphatic rings. The van der Waals surface area contributed by atoms with Crippen molar-refractivity contribution < 1.29 is 27.1 Å². The van der Waals surface area contributed by atoms with Gasteiger partial charge in [-0.25, -0.2) is 17.8 Å². The summed E-state index contributed by atoms with van der Waals surface area (Å²) >= 11 is 1.33. The summed E-state index contributed by atoms with van der Waals surface area (Å²) in [5.74, 6) is -0.548. The smallest absolute Gasteiger partial charge is 0.324 e. The van der Waals surface area contributed by atoms with Crippen LogP contribution in [-0.4, -0.2) is 25.4 Å². The summed E-state index contributed by atoms with van der Waals surface area (Å²) in [5, 5.41) is 2.38. The minimum absolute atomic E-state index is 0.0723. The Labute approximate surface area is 183 Å². The minimum Gasteiger partial charge on any atom is -0.486 e. The molecule has 31 heavy (non-hydrogen) atoms. The standard InChI is InChI=1S/C21H21FN2O5S2/c1-14-3-9-19(10-4-14)31(26,27)24-15(2)21(25)29-11-17-13-30-20(23-17)12-28-18-7-5-16(22)6-8-18/h3-10,13,15,24H,11-12H2,1-2H3/t15-/m0/s1. The summed E-state index contributed by atoms with van der Waals surface area (Å²) < 4.78 is 50.7. The highest BCUT2D eigenvalue weighted by atomic mass is 32.2. The molecule has 1 atom stereocenters. The lowest BCUT2D eigenvalue weighted by atomic mass is 10.2. The fraction of sp³-hybridized carbons (Fsp3) is 0.238. The van der Waals surface area contributed by atoms with Crippen molar-refractivity contribution in [3.8, 4) is 5.75 Å². The van der Waals surface area contributed by atoms with E-state index in [4.69, 9.17) is 9.47 Å². The number of benzene rings is 2.